The van der Waals surface area contributed by atoms with Gasteiger partial charge in [-0.3, -0.25) is 4.90 Å². The molecule has 0 aromatic carbocycles. The molecule has 94 valence electrons. The lowest BCUT2D eigenvalue weighted by Crippen LogP contribution is -2.60. The van der Waals surface area contributed by atoms with E-state index in [0.717, 1.165) is 18.5 Å². The molecule has 0 saturated heterocycles. The van der Waals surface area contributed by atoms with E-state index in [1.165, 1.54) is 51.5 Å². The van der Waals surface area contributed by atoms with E-state index in [9.17, 15) is 0 Å². The minimum atomic E-state index is 0.343. The lowest BCUT2D eigenvalue weighted by molar-refractivity contribution is 0.00636. The molecule has 2 saturated carbocycles. The van der Waals surface area contributed by atoms with Gasteiger partial charge >= 0.3 is 0 Å². The number of rotatable bonds is 5. The van der Waals surface area contributed by atoms with E-state index >= 15 is 0 Å². The highest BCUT2D eigenvalue weighted by molar-refractivity contribution is 5.03. The van der Waals surface area contributed by atoms with Crippen molar-refractivity contribution in [2.75, 3.05) is 13.1 Å². The molecular weight excluding hydrogens is 196 g/mol. The van der Waals surface area contributed by atoms with Crippen molar-refractivity contribution in [1.29, 1.82) is 0 Å². The van der Waals surface area contributed by atoms with Crippen LogP contribution in [0.2, 0.25) is 0 Å². The Morgan fingerprint density at radius 1 is 1.25 bits per heavy atom. The van der Waals surface area contributed by atoms with Crippen LogP contribution in [0.4, 0.5) is 0 Å². The van der Waals surface area contributed by atoms with Crippen LogP contribution in [0.3, 0.4) is 0 Å². The molecule has 2 rings (SSSR count). The SMILES string of the molecule is CCCN(C1CC1)C1(CN)CCCCC1C. The highest BCUT2D eigenvalue weighted by atomic mass is 15.3. The highest BCUT2D eigenvalue weighted by Gasteiger charge is 2.46. The van der Waals surface area contributed by atoms with Gasteiger partial charge in [0, 0.05) is 18.1 Å². The molecule has 0 radical (unpaired) electrons. The van der Waals surface area contributed by atoms with Gasteiger partial charge in [-0.05, 0) is 44.6 Å². The maximum Gasteiger partial charge on any atom is 0.0360 e. The van der Waals surface area contributed by atoms with Crippen LogP contribution in [0.15, 0.2) is 0 Å². The van der Waals surface area contributed by atoms with Crippen LogP contribution in [-0.4, -0.2) is 29.6 Å². The molecule has 2 N–H and O–H groups in total. The summed E-state index contributed by atoms with van der Waals surface area (Å²) in [4.78, 5) is 2.79. The van der Waals surface area contributed by atoms with Crippen LogP contribution in [-0.2, 0) is 0 Å². The Morgan fingerprint density at radius 3 is 2.50 bits per heavy atom. The zero-order valence-electron chi connectivity index (χ0n) is 11.0. The van der Waals surface area contributed by atoms with Crippen molar-refractivity contribution in [3.63, 3.8) is 0 Å². The van der Waals surface area contributed by atoms with Gasteiger partial charge in [0.2, 0.25) is 0 Å². The van der Waals surface area contributed by atoms with Gasteiger partial charge in [-0.2, -0.15) is 0 Å². The van der Waals surface area contributed by atoms with Crippen molar-refractivity contribution in [3.8, 4) is 0 Å². The van der Waals surface area contributed by atoms with E-state index in [4.69, 9.17) is 5.73 Å². The quantitative estimate of drug-likeness (QED) is 0.778. The van der Waals surface area contributed by atoms with E-state index in [-0.39, 0.29) is 0 Å². The third-order valence-corrected chi connectivity index (χ3v) is 4.79. The van der Waals surface area contributed by atoms with Gasteiger partial charge < -0.3 is 5.73 Å². The van der Waals surface area contributed by atoms with Crippen molar-refractivity contribution >= 4 is 0 Å². The summed E-state index contributed by atoms with van der Waals surface area (Å²) in [6.45, 7) is 6.85. The molecule has 2 nitrogen and oxygen atoms in total. The van der Waals surface area contributed by atoms with Crippen molar-refractivity contribution in [2.45, 2.75) is 70.4 Å². The number of hydrogen-bond acceptors (Lipinski definition) is 2. The van der Waals surface area contributed by atoms with Crippen LogP contribution in [0, 0.1) is 5.92 Å². The first-order valence-corrected chi connectivity index (χ1v) is 7.21. The number of nitrogens with zero attached hydrogens (tertiary/aromatic N) is 1. The lowest BCUT2D eigenvalue weighted by atomic mass is 9.72. The Bertz CT molecular complexity index is 225. The topological polar surface area (TPSA) is 29.3 Å². The Hall–Kier alpha value is -0.0800. The monoisotopic (exact) mass is 224 g/mol. The van der Waals surface area contributed by atoms with Crippen molar-refractivity contribution in [3.05, 3.63) is 0 Å². The molecule has 2 unspecified atom stereocenters. The van der Waals surface area contributed by atoms with Gasteiger partial charge in [-0.15, -0.1) is 0 Å². The first-order chi connectivity index (χ1) is 7.74. The summed E-state index contributed by atoms with van der Waals surface area (Å²) in [5, 5.41) is 0. The molecule has 16 heavy (non-hydrogen) atoms. The summed E-state index contributed by atoms with van der Waals surface area (Å²) >= 11 is 0. The number of nitrogens with two attached hydrogens (primary N) is 1. The van der Waals surface area contributed by atoms with E-state index in [0.29, 0.717) is 5.54 Å². The third kappa shape index (κ3) is 2.14. The average molecular weight is 224 g/mol. The predicted octanol–water partition coefficient (Wildman–Crippen LogP) is 2.77. The fraction of sp³-hybridized carbons (Fsp3) is 1.00. The molecule has 0 aliphatic heterocycles. The fourth-order valence-corrected chi connectivity index (χ4v) is 3.64. The van der Waals surface area contributed by atoms with E-state index in [1.807, 2.05) is 0 Å². The molecule has 0 bridgehead atoms. The minimum Gasteiger partial charge on any atom is -0.329 e. The van der Waals surface area contributed by atoms with Gasteiger partial charge in [0.15, 0.2) is 0 Å². The molecular formula is C14H28N2. The molecule has 2 heteroatoms. The second-order valence-electron chi connectivity index (χ2n) is 5.88. The van der Waals surface area contributed by atoms with Gasteiger partial charge in [-0.1, -0.05) is 26.7 Å². The lowest BCUT2D eigenvalue weighted by Gasteiger charge is -2.50. The summed E-state index contributed by atoms with van der Waals surface area (Å²) in [7, 11) is 0. The molecule has 2 atom stereocenters. The van der Waals surface area contributed by atoms with Gasteiger partial charge in [0.1, 0.15) is 0 Å². The van der Waals surface area contributed by atoms with Gasteiger partial charge in [0.05, 0.1) is 0 Å². The molecule has 0 amide bonds. The van der Waals surface area contributed by atoms with Crippen LogP contribution in [0.5, 0.6) is 0 Å². The van der Waals surface area contributed by atoms with Crippen LogP contribution in [0.25, 0.3) is 0 Å². The first kappa shape index (κ1) is 12.4. The molecule has 2 aliphatic rings. The van der Waals surface area contributed by atoms with Gasteiger partial charge in [-0.25, -0.2) is 0 Å². The van der Waals surface area contributed by atoms with Crippen LogP contribution in [0.1, 0.15) is 58.8 Å². The first-order valence-electron chi connectivity index (χ1n) is 7.21. The second-order valence-corrected chi connectivity index (χ2v) is 5.88. The van der Waals surface area contributed by atoms with E-state index in [2.05, 4.69) is 18.7 Å². The summed E-state index contributed by atoms with van der Waals surface area (Å²) in [5.41, 5.74) is 6.53. The molecule has 0 spiro atoms. The smallest absolute Gasteiger partial charge is 0.0360 e. The zero-order chi connectivity index (χ0) is 11.6. The van der Waals surface area contributed by atoms with Crippen LogP contribution < -0.4 is 5.73 Å². The maximum absolute atomic E-state index is 6.18. The third-order valence-electron chi connectivity index (χ3n) is 4.79. The fourth-order valence-electron chi connectivity index (χ4n) is 3.64. The summed E-state index contributed by atoms with van der Waals surface area (Å²) < 4.78 is 0. The zero-order valence-corrected chi connectivity index (χ0v) is 11.0. The van der Waals surface area contributed by atoms with Crippen LogP contribution >= 0.6 is 0 Å². The Labute approximate surface area is 101 Å². The molecule has 0 aromatic rings. The van der Waals surface area contributed by atoms with E-state index in [1.54, 1.807) is 0 Å². The van der Waals surface area contributed by atoms with E-state index < -0.39 is 0 Å². The largest absolute Gasteiger partial charge is 0.329 e. The maximum atomic E-state index is 6.18. The Balaban J connectivity index is 2.15. The molecule has 0 heterocycles. The average Bonchev–Trinajstić information content (AvgIpc) is 3.11. The predicted molar refractivity (Wildman–Crippen MR) is 69.4 cm³/mol. The van der Waals surface area contributed by atoms with Crippen molar-refractivity contribution < 1.29 is 0 Å². The highest BCUT2D eigenvalue weighted by Crippen LogP contribution is 2.43. The molecule has 2 fully saturated rings. The normalized spacial score (nSPS) is 35.6. The van der Waals surface area contributed by atoms with Crippen molar-refractivity contribution in [1.82, 2.24) is 4.90 Å². The summed E-state index contributed by atoms with van der Waals surface area (Å²) in [5.74, 6) is 0.790. The number of hydrogen-bond donors (Lipinski definition) is 1. The molecule has 2 aliphatic carbocycles. The summed E-state index contributed by atoms with van der Waals surface area (Å²) in [6.07, 6.45) is 9.60. The Kier molecular flexibility index (Phi) is 3.91. The van der Waals surface area contributed by atoms with Crippen molar-refractivity contribution in [2.24, 2.45) is 11.7 Å². The molecule has 0 aromatic heterocycles. The second kappa shape index (κ2) is 5.05. The summed E-state index contributed by atoms with van der Waals surface area (Å²) in [6, 6.07) is 0.865. The minimum absolute atomic E-state index is 0.343. The van der Waals surface area contributed by atoms with Gasteiger partial charge in [0.25, 0.3) is 0 Å². The Morgan fingerprint density at radius 2 is 2.00 bits per heavy atom. The standard InChI is InChI=1S/C14H28N2/c1-3-10-16(13-7-8-13)14(11-15)9-5-4-6-12(14)2/h12-13H,3-11,15H2,1-2H3.